The number of carbonyl (C=O) groups excluding carboxylic acids is 3. The van der Waals surface area contributed by atoms with E-state index in [4.69, 9.17) is 14.2 Å². The highest BCUT2D eigenvalue weighted by Gasteiger charge is 2.19. The Kier molecular flexibility index (Phi) is 64.2. The van der Waals surface area contributed by atoms with Crippen LogP contribution in [0, 0.1) is 0 Å². The summed E-state index contributed by atoms with van der Waals surface area (Å²) in [7, 11) is 0. The number of allylic oxidation sites excluding steroid dienone is 13. The Morgan fingerprint density at radius 2 is 0.544 bits per heavy atom. The predicted octanol–water partition coefficient (Wildman–Crippen LogP) is 23.4. The summed E-state index contributed by atoms with van der Waals surface area (Å²) in [4.78, 5) is 38.1. The smallest absolute Gasteiger partial charge is 0.310 e. The highest BCUT2D eigenvalue weighted by atomic mass is 16.6. The van der Waals surface area contributed by atoms with Crippen LogP contribution in [0.4, 0.5) is 0 Å². The number of hydrogen-bond donors (Lipinski definition) is 0. The van der Waals surface area contributed by atoms with Crippen LogP contribution in [-0.4, -0.2) is 37.2 Å². The molecular weight excluding hydrogens is 973 g/mol. The highest BCUT2D eigenvalue weighted by Crippen LogP contribution is 2.18. The Hall–Kier alpha value is -3.41. The molecule has 0 aliphatic carbocycles. The molecular formula is C73H128O6. The van der Waals surface area contributed by atoms with Gasteiger partial charge in [0.05, 0.1) is 6.42 Å². The van der Waals surface area contributed by atoms with Crippen LogP contribution in [0.5, 0.6) is 0 Å². The van der Waals surface area contributed by atoms with E-state index in [-0.39, 0.29) is 31.6 Å². The molecule has 0 fully saturated rings. The molecule has 0 saturated carbocycles. The molecule has 0 heterocycles. The molecule has 0 aromatic rings. The van der Waals surface area contributed by atoms with Crippen molar-refractivity contribution in [3.05, 3.63) is 85.1 Å². The van der Waals surface area contributed by atoms with Crippen LogP contribution in [0.2, 0.25) is 0 Å². The van der Waals surface area contributed by atoms with Gasteiger partial charge in [0, 0.05) is 12.8 Å². The van der Waals surface area contributed by atoms with Crippen molar-refractivity contribution in [3.63, 3.8) is 0 Å². The normalized spacial score (nSPS) is 12.6. The van der Waals surface area contributed by atoms with E-state index in [2.05, 4.69) is 93.7 Å². The SMILES string of the molecule is CC/C=C\C/C=C\C/C=C\C/C=C\C/C=C\CC(=O)OC(COC(=O)CCCCCCC/C=C\CCCC)COC(=O)CCCCCCCCCCCCCCCCCCCCCCCCC/C=C\CCCCCCCCCC. The Morgan fingerprint density at radius 3 is 0.861 bits per heavy atom. The number of unbranched alkanes of at least 4 members (excludes halogenated alkanes) is 38. The fraction of sp³-hybridized carbons (Fsp3) is 0.767. The van der Waals surface area contributed by atoms with E-state index >= 15 is 0 Å². The molecule has 1 unspecified atom stereocenters. The lowest BCUT2D eigenvalue weighted by atomic mass is 10.0. The lowest BCUT2D eigenvalue weighted by Crippen LogP contribution is -2.30. The summed E-state index contributed by atoms with van der Waals surface area (Å²) in [5.41, 5.74) is 0. The molecule has 1 atom stereocenters. The van der Waals surface area contributed by atoms with Gasteiger partial charge >= 0.3 is 17.9 Å². The third-order valence-corrected chi connectivity index (χ3v) is 14.9. The average molecular weight is 1100 g/mol. The standard InChI is InChI=1S/C73H128O6/c1-4-7-10-13-16-19-22-24-26-27-28-29-30-31-32-33-34-35-36-37-38-39-40-41-42-43-44-45-47-48-51-54-57-60-63-66-72(75)78-69-70(68-77-71(74)65-62-59-56-53-50-21-18-15-12-9-6-3)79-73(76)67-64-61-58-55-52-49-46-25-23-20-17-14-11-8-5-2/h8,11,15,17-18,20,25,27-28,46,52,55,61,64,70H,4-7,9-10,12-14,16,19,21-24,26,29-45,47-51,53-54,56-60,62-63,65-69H2,1-3H3/b11-8-,18-15-,20-17-,28-27-,46-25-,55-52-,64-61-. The number of ether oxygens (including phenoxy) is 3. The minimum atomic E-state index is -0.833. The molecule has 0 aromatic heterocycles. The number of rotatable bonds is 62. The Labute approximate surface area is 490 Å². The Bertz CT molecular complexity index is 1500. The third kappa shape index (κ3) is 65.3. The topological polar surface area (TPSA) is 78.9 Å². The van der Waals surface area contributed by atoms with Gasteiger partial charge in [0.1, 0.15) is 13.2 Å². The van der Waals surface area contributed by atoms with Crippen molar-refractivity contribution in [1.29, 1.82) is 0 Å². The van der Waals surface area contributed by atoms with Crippen LogP contribution in [0.3, 0.4) is 0 Å². The fourth-order valence-electron chi connectivity index (χ4n) is 9.79. The summed E-state index contributed by atoms with van der Waals surface area (Å²) >= 11 is 0. The highest BCUT2D eigenvalue weighted by molar-refractivity contribution is 5.72. The zero-order valence-electron chi connectivity index (χ0n) is 52.4. The molecule has 0 aromatic carbocycles. The summed E-state index contributed by atoms with van der Waals surface area (Å²) in [6, 6.07) is 0. The van der Waals surface area contributed by atoms with Crippen LogP contribution in [0.25, 0.3) is 0 Å². The number of esters is 3. The second-order valence-electron chi connectivity index (χ2n) is 22.7. The molecule has 0 amide bonds. The predicted molar refractivity (Wildman–Crippen MR) is 344 cm³/mol. The maximum Gasteiger partial charge on any atom is 0.310 e. The molecule has 0 rings (SSSR count). The van der Waals surface area contributed by atoms with E-state index in [1.54, 1.807) is 6.08 Å². The second kappa shape index (κ2) is 67.1. The molecule has 0 spiro atoms. The van der Waals surface area contributed by atoms with Gasteiger partial charge in [-0.25, -0.2) is 0 Å². The van der Waals surface area contributed by atoms with Gasteiger partial charge < -0.3 is 14.2 Å². The van der Waals surface area contributed by atoms with E-state index < -0.39 is 12.1 Å². The summed E-state index contributed by atoms with van der Waals surface area (Å²) in [6.07, 6.45) is 89.6. The van der Waals surface area contributed by atoms with Crippen LogP contribution >= 0.6 is 0 Å². The molecule has 0 saturated heterocycles. The number of hydrogen-bond acceptors (Lipinski definition) is 6. The van der Waals surface area contributed by atoms with Crippen LogP contribution in [-0.2, 0) is 28.6 Å². The van der Waals surface area contributed by atoms with Gasteiger partial charge in [0.15, 0.2) is 6.10 Å². The molecule has 0 aliphatic rings. The van der Waals surface area contributed by atoms with Gasteiger partial charge in [0.2, 0.25) is 0 Å². The van der Waals surface area contributed by atoms with Crippen molar-refractivity contribution in [3.8, 4) is 0 Å². The van der Waals surface area contributed by atoms with E-state index in [9.17, 15) is 14.4 Å². The first-order chi connectivity index (χ1) is 39.0. The van der Waals surface area contributed by atoms with Crippen LogP contribution in [0.1, 0.15) is 342 Å². The lowest BCUT2D eigenvalue weighted by molar-refractivity contribution is -0.166. The minimum Gasteiger partial charge on any atom is -0.462 e. The lowest BCUT2D eigenvalue weighted by Gasteiger charge is -2.18. The molecule has 0 N–H and O–H groups in total. The molecule has 79 heavy (non-hydrogen) atoms. The van der Waals surface area contributed by atoms with Crippen molar-refractivity contribution in [2.75, 3.05) is 13.2 Å². The van der Waals surface area contributed by atoms with E-state index in [0.29, 0.717) is 12.8 Å². The summed E-state index contributed by atoms with van der Waals surface area (Å²) in [5.74, 6) is -1.05. The molecule has 0 aliphatic heterocycles. The quantitative estimate of drug-likeness (QED) is 0.0261. The van der Waals surface area contributed by atoms with Gasteiger partial charge in [-0.15, -0.1) is 0 Å². The second-order valence-corrected chi connectivity index (χ2v) is 22.7. The monoisotopic (exact) mass is 1100 g/mol. The molecule has 6 nitrogen and oxygen atoms in total. The number of carbonyl (C=O) groups is 3. The van der Waals surface area contributed by atoms with Gasteiger partial charge in [-0.2, -0.15) is 0 Å². The zero-order chi connectivity index (χ0) is 57.1. The third-order valence-electron chi connectivity index (χ3n) is 14.9. The first kappa shape index (κ1) is 75.6. The summed E-state index contributed by atoms with van der Waals surface area (Å²) in [5, 5.41) is 0. The van der Waals surface area contributed by atoms with E-state index in [1.807, 2.05) is 6.08 Å². The zero-order valence-corrected chi connectivity index (χ0v) is 52.4. The van der Waals surface area contributed by atoms with Crippen molar-refractivity contribution in [2.24, 2.45) is 0 Å². The minimum absolute atomic E-state index is 0.0965. The fourth-order valence-corrected chi connectivity index (χ4v) is 9.79. The Morgan fingerprint density at radius 1 is 0.278 bits per heavy atom. The van der Waals surface area contributed by atoms with Crippen molar-refractivity contribution in [2.45, 2.75) is 348 Å². The van der Waals surface area contributed by atoms with Crippen LogP contribution in [0.15, 0.2) is 85.1 Å². The average Bonchev–Trinajstić information content (AvgIpc) is 3.45. The molecule has 0 bridgehead atoms. The first-order valence-electron chi connectivity index (χ1n) is 34.1. The molecule has 456 valence electrons. The summed E-state index contributed by atoms with van der Waals surface area (Å²) in [6.45, 7) is 6.42. The van der Waals surface area contributed by atoms with Gasteiger partial charge in [-0.3, -0.25) is 14.4 Å². The van der Waals surface area contributed by atoms with Crippen molar-refractivity contribution >= 4 is 17.9 Å². The molecule has 0 radical (unpaired) electrons. The maximum atomic E-state index is 12.8. The molecule has 6 heteroatoms. The largest absolute Gasteiger partial charge is 0.462 e. The maximum absolute atomic E-state index is 12.8. The van der Waals surface area contributed by atoms with Crippen LogP contribution < -0.4 is 0 Å². The first-order valence-corrected chi connectivity index (χ1v) is 34.1. The van der Waals surface area contributed by atoms with E-state index in [1.165, 1.54) is 218 Å². The van der Waals surface area contributed by atoms with Crippen molar-refractivity contribution in [1.82, 2.24) is 0 Å². The van der Waals surface area contributed by atoms with Gasteiger partial charge in [-0.1, -0.05) is 318 Å². The van der Waals surface area contributed by atoms with E-state index in [0.717, 1.165) is 83.5 Å². The summed E-state index contributed by atoms with van der Waals surface area (Å²) < 4.78 is 16.8. The van der Waals surface area contributed by atoms with Gasteiger partial charge in [0.25, 0.3) is 0 Å². The van der Waals surface area contributed by atoms with Gasteiger partial charge in [-0.05, 0) is 89.9 Å². The Balaban J connectivity index is 4.08. The van der Waals surface area contributed by atoms with Crippen molar-refractivity contribution < 1.29 is 28.6 Å².